The van der Waals surface area contributed by atoms with Crippen LogP contribution in [0.2, 0.25) is 0 Å². The predicted molar refractivity (Wildman–Crippen MR) is 89.1 cm³/mol. The summed E-state index contributed by atoms with van der Waals surface area (Å²) in [6.45, 7) is 5.52. The van der Waals surface area contributed by atoms with Crippen LogP contribution in [0.15, 0.2) is 35.1 Å². The van der Waals surface area contributed by atoms with Gasteiger partial charge < -0.3 is 4.74 Å². The van der Waals surface area contributed by atoms with E-state index in [2.05, 4.69) is 43.6 Å². The van der Waals surface area contributed by atoms with Crippen LogP contribution in [0.25, 0.3) is 5.69 Å². The number of benzene rings is 1. The molecular formula is C14H14BrIN2O2. The Bertz CT molecular complexity index is 647. The van der Waals surface area contributed by atoms with Crippen LogP contribution < -0.4 is 0 Å². The summed E-state index contributed by atoms with van der Waals surface area (Å²) in [6.07, 6.45) is 3.20. The Morgan fingerprint density at radius 1 is 1.40 bits per heavy atom. The Labute approximate surface area is 139 Å². The number of ether oxygens (including phenoxy) is 1. The van der Waals surface area contributed by atoms with Crippen molar-refractivity contribution in [3.8, 4) is 5.69 Å². The van der Waals surface area contributed by atoms with Gasteiger partial charge in [-0.2, -0.15) is 5.10 Å². The molecule has 0 radical (unpaired) electrons. The van der Waals surface area contributed by atoms with Gasteiger partial charge in [0.1, 0.15) is 5.60 Å². The number of hydrogen-bond acceptors (Lipinski definition) is 3. The van der Waals surface area contributed by atoms with Crippen molar-refractivity contribution in [2.24, 2.45) is 0 Å². The van der Waals surface area contributed by atoms with Gasteiger partial charge in [-0.1, -0.05) is 15.9 Å². The molecule has 0 atom stereocenters. The zero-order valence-electron chi connectivity index (χ0n) is 11.4. The molecule has 0 bridgehead atoms. The number of nitrogens with zero attached hydrogens (tertiary/aromatic N) is 2. The number of esters is 1. The molecule has 6 heteroatoms. The molecule has 0 saturated carbocycles. The van der Waals surface area contributed by atoms with Crippen LogP contribution in [-0.2, 0) is 4.74 Å². The minimum atomic E-state index is -0.509. The third-order valence-corrected chi connectivity index (χ3v) is 3.73. The van der Waals surface area contributed by atoms with E-state index in [9.17, 15) is 4.79 Å². The van der Waals surface area contributed by atoms with Crippen molar-refractivity contribution in [2.75, 3.05) is 0 Å². The Morgan fingerprint density at radius 3 is 2.70 bits per heavy atom. The average molecular weight is 449 g/mol. The van der Waals surface area contributed by atoms with E-state index in [-0.39, 0.29) is 5.97 Å². The summed E-state index contributed by atoms with van der Waals surface area (Å²) in [7, 11) is 0. The maximum atomic E-state index is 12.0. The topological polar surface area (TPSA) is 44.1 Å². The van der Waals surface area contributed by atoms with Crippen LogP contribution in [-0.4, -0.2) is 21.4 Å². The SMILES string of the molecule is CC(C)(C)OC(=O)c1cnn(-c2ccc(Br)cc2I)c1. The van der Waals surface area contributed by atoms with Gasteiger partial charge in [-0.05, 0) is 61.6 Å². The minimum absolute atomic E-state index is 0.365. The first-order valence-corrected chi connectivity index (χ1v) is 7.87. The van der Waals surface area contributed by atoms with Gasteiger partial charge in [-0.3, -0.25) is 0 Å². The Morgan fingerprint density at radius 2 is 2.10 bits per heavy atom. The summed E-state index contributed by atoms with van der Waals surface area (Å²) in [5.74, 6) is -0.365. The van der Waals surface area contributed by atoms with Gasteiger partial charge in [0.15, 0.2) is 0 Å². The van der Waals surface area contributed by atoms with Gasteiger partial charge in [-0.15, -0.1) is 0 Å². The highest BCUT2D eigenvalue weighted by Crippen LogP contribution is 2.22. The van der Waals surface area contributed by atoms with Crippen molar-refractivity contribution in [3.05, 3.63) is 44.2 Å². The second kappa shape index (κ2) is 5.85. The van der Waals surface area contributed by atoms with Gasteiger partial charge in [0.25, 0.3) is 0 Å². The lowest BCUT2D eigenvalue weighted by atomic mass is 10.2. The van der Waals surface area contributed by atoms with Crippen molar-refractivity contribution in [2.45, 2.75) is 26.4 Å². The van der Waals surface area contributed by atoms with Crippen LogP contribution in [0.3, 0.4) is 0 Å². The Hall–Kier alpha value is -0.890. The molecule has 1 aromatic heterocycles. The van der Waals surface area contributed by atoms with Gasteiger partial charge in [-0.25, -0.2) is 9.48 Å². The van der Waals surface area contributed by atoms with Crippen LogP contribution in [0.1, 0.15) is 31.1 Å². The number of carbonyl (C=O) groups excluding carboxylic acids is 1. The molecule has 0 aliphatic rings. The molecule has 0 amide bonds. The first-order valence-electron chi connectivity index (χ1n) is 6.00. The third kappa shape index (κ3) is 3.82. The lowest BCUT2D eigenvalue weighted by Gasteiger charge is -2.18. The smallest absolute Gasteiger partial charge is 0.341 e. The highest BCUT2D eigenvalue weighted by Gasteiger charge is 2.19. The van der Waals surface area contributed by atoms with Gasteiger partial charge in [0, 0.05) is 14.2 Å². The maximum absolute atomic E-state index is 12.0. The molecule has 0 aliphatic carbocycles. The van der Waals surface area contributed by atoms with Crippen LogP contribution in [0, 0.1) is 3.57 Å². The predicted octanol–water partition coefficient (Wildman–Crippen LogP) is 4.19. The van der Waals surface area contributed by atoms with E-state index in [0.29, 0.717) is 5.56 Å². The first-order chi connectivity index (χ1) is 9.26. The standard InChI is InChI=1S/C14H14BrIN2O2/c1-14(2,3)20-13(19)9-7-17-18(8-9)12-5-4-10(15)6-11(12)16/h4-8H,1-3H3. The molecule has 1 aromatic carbocycles. The van der Waals surface area contributed by atoms with Crippen molar-refractivity contribution in [1.82, 2.24) is 9.78 Å². The van der Waals surface area contributed by atoms with E-state index in [1.54, 1.807) is 10.9 Å². The normalized spacial score (nSPS) is 11.4. The number of hydrogen-bond donors (Lipinski definition) is 0. The fourth-order valence-corrected chi connectivity index (χ4v) is 3.12. The van der Waals surface area contributed by atoms with Gasteiger partial charge >= 0.3 is 5.97 Å². The zero-order valence-corrected chi connectivity index (χ0v) is 15.1. The lowest BCUT2D eigenvalue weighted by molar-refractivity contribution is 0.00695. The van der Waals surface area contributed by atoms with E-state index in [1.807, 2.05) is 39.0 Å². The van der Waals surface area contributed by atoms with E-state index < -0.39 is 5.60 Å². The van der Waals surface area contributed by atoms with E-state index in [4.69, 9.17) is 4.74 Å². The fourth-order valence-electron chi connectivity index (χ4n) is 1.56. The molecule has 4 nitrogen and oxygen atoms in total. The summed E-state index contributed by atoms with van der Waals surface area (Å²) in [6, 6.07) is 5.87. The van der Waals surface area contributed by atoms with Crippen LogP contribution in [0.4, 0.5) is 0 Å². The summed E-state index contributed by atoms with van der Waals surface area (Å²) < 4.78 is 9.04. The molecule has 0 fully saturated rings. The first kappa shape index (κ1) is 15.5. The highest BCUT2D eigenvalue weighted by molar-refractivity contribution is 14.1. The molecule has 0 saturated heterocycles. The average Bonchev–Trinajstić information content (AvgIpc) is 2.75. The maximum Gasteiger partial charge on any atom is 0.341 e. The molecule has 20 heavy (non-hydrogen) atoms. The second-order valence-electron chi connectivity index (χ2n) is 5.27. The molecule has 2 rings (SSSR count). The zero-order chi connectivity index (χ0) is 14.9. The van der Waals surface area contributed by atoms with Crippen molar-refractivity contribution >= 4 is 44.5 Å². The Kier molecular flexibility index (Phi) is 4.53. The summed E-state index contributed by atoms with van der Waals surface area (Å²) >= 11 is 5.65. The summed E-state index contributed by atoms with van der Waals surface area (Å²) in [4.78, 5) is 12.0. The van der Waals surface area contributed by atoms with E-state index >= 15 is 0 Å². The quantitative estimate of drug-likeness (QED) is 0.511. The number of carbonyl (C=O) groups is 1. The molecule has 106 valence electrons. The summed E-state index contributed by atoms with van der Waals surface area (Å²) in [5.41, 5.74) is 0.854. The monoisotopic (exact) mass is 448 g/mol. The van der Waals surface area contributed by atoms with Crippen molar-refractivity contribution < 1.29 is 9.53 Å². The van der Waals surface area contributed by atoms with Crippen molar-refractivity contribution in [1.29, 1.82) is 0 Å². The van der Waals surface area contributed by atoms with Gasteiger partial charge in [0.2, 0.25) is 0 Å². The van der Waals surface area contributed by atoms with Crippen LogP contribution >= 0.6 is 38.5 Å². The lowest BCUT2D eigenvalue weighted by Crippen LogP contribution is -2.23. The van der Waals surface area contributed by atoms with Gasteiger partial charge in [0.05, 0.1) is 17.4 Å². The Balaban J connectivity index is 2.27. The van der Waals surface area contributed by atoms with E-state index in [1.165, 1.54) is 6.20 Å². The second-order valence-corrected chi connectivity index (χ2v) is 7.35. The molecule has 1 heterocycles. The molecule has 0 aliphatic heterocycles. The minimum Gasteiger partial charge on any atom is -0.456 e. The van der Waals surface area contributed by atoms with Crippen molar-refractivity contribution in [3.63, 3.8) is 0 Å². The number of rotatable bonds is 2. The third-order valence-electron chi connectivity index (χ3n) is 2.37. The van der Waals surface area contributed by atoms with E-state index in [0.717, 1.165) is 13.7 Å². The fraction of sp³-hybridized carbons (Fsp3) is 0.286. The molecule has 0 N–H and O–H groups in total. The molecular weight excluding hydrogens is 435 g/mol. The highest BCUT2D eigenvalue weighted by atomic mass is 127. The number of halogens is 2. The molecule has 0 spiro atoms. The number of aromatic nitrogens is 2. The molecule has 2 aromatic rings. The largest absolute Gasteiger partial charge is 0.456 e. The van der Waals surface area contributed by atoms with Crippen LogP contribution in [0.5, 0.6) is 0 Å². The summed E-state index contributed by atoms with van der Waals surface area (Å²) in [5, 5.41) is 4.22. The molecule has 0 unspecified atom stereocenters.